The van der Waals surface area contributed by atoms with Crippen molar-refractivity contribution >= 4 is 33.7 Å². The molecule has 1 amide bonds. The van der Waals surface area contributed by atoms with Gasteiger partial charge < -0.3 is 20.1 Å². The van der Waals surface area contributed by atoms with Crippen molar-refractivity contribution in [3.05, 3.63) is 53.7 Å². The highest BCUT2D eigenvalue weighted by Gasteiger charge is 2.47. The van der Waals surface area contributed by atoms with Crippen LogP contribution in [0.1, 0.15) is 12.0 Å². The predicted octanol–water partition coefficient (Wildman–Crippen LogP) is 0.629. The molecule has 4 heterocycles. The summed E-state index contributed by atoms with van der Waals surface area (Å²) < 4.78 is 39.1. The number of carbonyl (C=O) groups excluding carboxylic acids is 1. The molecule has 5 rings (SSSR count). The summed E-state index contributed by atoms with van der Waals surface area (Å²) in [5.41, 5.74) is 0.862. The Morgan fingerprint density at radius 2 is 2.08 bits per heavy atom. The highest BCUT2D eigenvalue weighted by Crippen LogP contribution is 2.32. The van der Waals surface area contributed by atoms with Crippen molar-refractivity contribution in [3.63, 3.8) is 0 Å². The number of imidazole rings is 1. The summed E-state index contributed by atoms with van der Waals surface area (Å²) in [6.07, 6.45) is 9.37. The summed E-state index contributed by atoms with van der Waals surface area (Å²) in [5, 5.41) is 6.50. The Balaban J connectivity index is 1.36. The Morgan fingerprint density at radius 1 is 1.27 bits per heavy atom. The van der Waals surface area contributed by atoms with E-state index >= 15 is 0 Å². The molecule has 3 aliphatic rings. The second kappa shape index (κ2) is 10.3. The SMILES string of the molecule is CS(=O)(=O)N1CCN(C2(n3ccnc3)N=CC=C(Cl)N2)C(CC(=O)NCc2ccc3c(c2)OCCO3)C1. The molecule has 2 aromatic rings. The van der Waals surface area contributed by atoms with Crippen molar-refractivity contribution in [1.82, 2.24) is 29.4 Å². The molecule has 0 aliphatic carbocycles. The molecule has 0 radical (unpaired) electrons. The second-order valence-corrected chi connectivity index (χ2v) is 11.3. The maximum Gasteiger partial charge on any atom is 0.277 e. The van der Waals surface area contributed by atoms with Gasteiger partial charge in [0.25, 0.3) is 5.91 Å². The fourth-order valence-electron chi connectivity index (χ4n) is 4.71. The summed E-state index contributed by atoms with van der Waals surface area (Å²) in [6, 6.07) is 5.02. The van der Waals surface area contributed by atoms with Gasteiger partial charge in [-0.2, -0.15) is 4.31 Å². The Bertz CT molecular complexity index is 1320. The predicted molar refractivity (Wildman–Crippen MR) is 137 cm³/mol. The first kappa shape index (κ1) is 25.5. The third kappa shape index (κ3) is 5.44. The Morgan fingerprint density at radius 3 is 2.81 bits per heavy atom. The smallest absolute Gasteiger partial charge is 0.277 e. The normalized spacial score (nSPS) is 24.3. The molecule has 0 saturated carbocycles. The van der Waals surface area contributed by atoms with Crippen LogP contribution in [0.2, 0.25) is 0 Å². The van der Waals surface area contributed by atoms with Gasteiger partial charge in [0.2, 0.25) is 15.9 Å². The van der Waals surface area contributed by atoms with Gasteiger partial charge in [0.05, 0.1) is 12.6 Å². The number of aliphatic imine (C=N–C) groups is 1. The molecule has 2 N–H and O–H groups in total. The number of carbonyl (C=O) groups is 1. The molecule has 2 unspecified atom stereocenters. The number of allylic oxidation sites excluding steroid dienone is 1. The Labute approximate surface area is 219 Å². The number of halogens is 1. The van der Waals surface area contributed by atoms with E-state index < -0.39 is 22.0 Å². The van der Waals surface area contributed by atoms with Crippen LogP contribution in [0.15, 0.2) is 53.1 Å². The molecule has 1 aromatic carbocycles. The summed E-state index contributed by atoms with van der Waals surface area (Å²) in [6.45, 7) is 1.93. The topological polar surface area (TPSA) is 130 Å². The number of hydrogen-bond donors (Lipinski definition) is 2. The van der Waals surface area contributed by atoms with E-state index in [9.17, 15) is 13.2 Å². The Kier molecular flexibility index (Phi) is 7.12. The monoisotopic (exact) mass is 549 g/mol. The summed E-state index contributed by atoms with van der Waals surface area (Å²) >= 11 is 6.35. The molecule has 1 fully saturated rings. The van der Waals surface area contributed by atoms with Crippen LogP contribution in [0.5, 0.6) is 11.5 Å². The standard InChI is InChI=1S/C23H28ClN7O5S/c1-37(33,34)30-8-9-31(23(29-7-6-25-16-29)27-5-4-21(24)28-23)18(15-30)13-22(32)26-14-17-2-3-19-20(12-17)36-11-10-35-19/h2-7,12,16,18,28H,8-11,13-15H2,1H3,(H,26,32). The fraction of sp³-hybridized carbons (Fsp3) is 0.435. The van der Waals surface area contributed by atoms with Crippen LogP contribution in [0.4, 0.5) is 0 Å². The summed E-state index contributed by atoms with van der Waals surface area (Å²) in [4.78, 5) is 23.9. The summed E-state index contributed by atoms with van der Waals surface area (Å²) in [7, 11) is -3.46. The van der Waals surface area contributed by atoms with E-state index in [0.29, 0.717) is 36.4 Å². The van der Waals surface area contributed by atoms with Crippen molar-refractivity contribution in [1.29, 1.82) is 0 Å². The molecule has 1 aromatic heterocycles. The van der Waals surface area contributed by atoms with Crippen molar-refractivity contribution < 1.29 is 22.7 Å². The number of hydrogen-bond acceptors (Lipinski definition) is 9. The molecule has 1 saturated heterocycles. The van der Waals surface area contributed by atoms with Gasteiger partial charge in [-0.15, -0.1) is 0 Å². The average molecular weight is 550 g/mol. The number of amides is 1. The number of nitrogens with one attached hydrogen (secondary N) is 2. The van der Waals surface area contributed by atoms with Gasteiger partial charge >= 0.3 is 0 Å². The van der Waals surface area contributed by atoms with E-state index in [4.69, 9.17) is 21.1 Å². The maximum atomic E-state index is 13.1. The zero-order chi connectivity index (χ0) is 26.0. The van der Waals surface area contributed by atoms with E-state index in [0.717, 1.165) is 5.56 Å². The number of nitrogens with zero attached hydrogens (tertiary/aromatic N) is 5. The molecular weight excluding hydrogens is 522 g/mol. The third-order valence-electron chi connectivity index (χ3n) is 6.46. The van der Waals surface area contributed by atoms with Crippen LogP contribution in [-0.4, -0.2) is 84.4 Å². The van der Waals surface area contributed by atoms with Gasteiger partial charge in [0, 0.05) is 57.2 Å². The summed E-state index contributed by atoms with van der Waals surface area (Å²) in [5.74, 6) is -0.110. The van der Waals surface area contributed by atoms with Crippen molar-refractivity contribution in [2.75, 3.05) is 39.1 Å². The zero-order valence-corrected chi connectivity index (χ0v) is 21.8. The van der Waals surface area contributed by atoms with E-state index in [-0.39, 0.29) is 32.0 Å². The first-order chi connectivity index (χ1) is 17.7. The highest BCUT2D eigenvalue weighted by molar-refractivity contribution is 7.88. The minimum Gasteiger partial charge on any atom is -0.486 e. The van der Waals surface area contributed by atoms with Gasteiger partial charge in [0.1, 0.15) is 18.4 Å². The number of fused-ring (bicyclic) bond motifs is 1. The van der Waals surface area contributed by atoms with E-state index in [1.54, 1.807) is 35.6 Å². The molecule has 12 nitrogen and oxygen atoms in total. The first-order valence-electron chi connectivity index (χ1n) is 11.8. The minimum atomic E-state index is -3.46. The van der Waals surface area contributed by atoms with Crippen molar-refractivity contribution in [3.8, 4) is 11.5 Å². The molecule has 2 atom stereocenters. The number of ether oxygens (including phenoxy) is 2. The lowest BCUT2D eigenvalue weighted by molar-refractivity contribution is -0.125. The molecule has 37 heavy (non-hydrogen) atoms. The van der Waals surface area contributed by atoms with Gasteiger partial charge in [-0.25, -0.2) is 23.3 Å². The fourth-order valence-corrected chi connectivity index (χ4v) is 5.75. The van der Waals surface area contributed by atoms with Crippen LogP contribution in [0.3, 0.4) is 0 Å². The maximum absolute atomic E-state index is 13.1. The van der Waals surface area contributed by atoms with Crippen LogP contribution >= 0.6 is 11.6 Å². The van der Waals surface area contributed by atoms with Gasteiger partial charge in [-0.3, -0.25) is 9.36 Å². The van der Waals surface area contributed by atoms with Crippen molar-refractivity contribution in [2.24, 2.45) is 4.99 Å². The van der Waals surface area contributed by atoms with E-state index in [1.165, 1.54) is 10.6 Å². The number of rotatable bonds is 7. The molecule has 198 valence electrons. The lowest BCUT2D eigenvalue weighted by atomic mass is 10.1. The molecule has 0 bridgehead atoms. The van der Waals surface area contributed by atoms with Crippen LogP contribution in [-0.2, 0) is 27.3 Å². The van der Waals surface area contributed by atoms with Gasteiger partial charge in [0.15, 0.2) is 11.5 Å². The number of sulfonamides is 1. The average Bonchev–Trinajstić information content (AvgIpc) is 3.43. The zero-order valence-electron chi connectivity index (χ0n) is 20.2. The Hall–Kier alpha value is -3.13. The van der Waals surface area contributed by atoms with Crippen LogP contribution < -0.4 is 20.1 Å². The highest BCUT2D eigenvalue weighted by atomic mass is 35.5. The van der Waals surface area contributed by atoms with Crippen LogP contribution in [0.25, 0.3) is 0 Å². The van der Waals surface area contributed by atoms with Crippen LogP contribution in [0, 0.1) is 0 Å². The number of aromatic nitrogens is 2. The lowest BCUT2D eigenvalue weighted by Gasteiger charge is -2.50. The molecule has 0 spiro atoms. The third-order valence-corrected chi connectivity index (χ3v) is 7.95. The lowest BCUT2D eigenvalue weighted by Crippen LogP contribution is -2.68. The quantitative estimate of drug-likeness (QED) is 0.481. The number of piperazine rings is 1. The first-order valence-corrected chi connectivity index (χ1v) is 14.0. The minimum absolute atomic E-state index is 0.0333. The van der Waals surface area contributed by atoms with E-state index in [2.05, 4.69) is 20.6 Å². The molecular formula is C23H28ClN7O5S. The molecule has 3 aliphatic heterocycles. The van der Waals surface area contributed by atoms with E-state index in [1.807, 2.05) is 23.1 Å². The molecule has 14 heteroatoms. The second-order valence-electron chi connectivity index (χ2n) is 8.95. The van der Waals surface area contributed by atoms with Crippen molar-refractivity contribution in [2.45, 2.75) is 24.9 Å². The largest absolute Gasteiger partial charge is 0.486 e. The number of benzene rings is 1. The van der Waals surface area contributed by atoms with Gasteiger partial charge in [-0.05, 0) is 23.8 Å². The van der Waals surface area contributed by atoms with Gasteiger partial charge in [-0.1, -0.05) is 17.7 Å².